The number of hydrogen-bond donors (Lipinski definition) is 1. The summed E-state index contributed by atoms with van der Waals surface area (Å²) in [6, 6.07) is 6.48. The topological polar surface area (TPSA) is 20.2 Å². The summed E-state index contributed by atoms with van der Waals surface area (Å²) in [5.41, 5.74) is -0.228. The Labute approximate surface area is 120 Å². The molecular formula is C13H10BrF3OS. The van der Waals surface area contributed by atoms with Gasteiger partial charge in [0.05, 0.1) is 11.7 Å². The van der Waals surface area contributed by atoms with Gasteiger partial charge in [-0.2, -0.15) is 13.2 Å². The summed E-state index contributed by atoms with van der Waals surface area (Å²) in [6.07, 6.45) is -4.78. The normalized spacial score (nSPS) is 13.5. The summed E-state index contributed by atoms with van der Waals surface area (Å²) in [7, 11) is 0. The minimum Gasteiger partial charge on any atom is -0.388 e. The highest BCUT2D eigenvalue weighted by molar-refractivity contribution is 9.10. The summed E-state index contributed by atoms with van der Waals surface area (Å²) >= 11 is 4.85. The number of hydrogen-bond acceptors (Lipinski definition) is 2. The Morgan fingerprint density at radius 3 is 2.26 bits per heavy atom. The maximum absolute atomic E-state index is 12.4. The minimum absolute atomic E-state index is 0.379. The SMILES string of the molecule is OC(Cc1sccc1Br)c1ccc(C(F)(F)F)cc1. The second kappa shape index (κ2) is 5.64. The van der Waals surface area contributed by atoms with Gasteiger partial charge in [-0.1, -0.05) is 12.1 Å². The van der Waals surface area contributed by atoms with Crippen LogP contribution in [0.2, 0.25) is 0 Å². The van der Waals surface area contributed by atoms with Gasteiger partial charge >= 0.3 is 6.18 Å². The third-order valence-corrected chi connectivity index (χ3v) is 4.64. The van der Waals surface area contributed by atoms with E-state index in [2.05, 4.69) is 15.9 Å². The van der Waals surface area contributed by atoms with E-state index in [1.54, 1.807) is 0 Å². The quantitative estimate of drug-likeness (QED) is 0.842. The highest BCUT2D eigenvalue weighted by Gasteiger charge is 2.30. The fourth-order valence-electron chi connectivity index (χ4n) is 1.66. The van der Waals surface area contributed by atoms with E-state index in [0.29, 0.717) is 12.0 Å². The summed E-state index contributed by atoms with van der Waals surface area (Å²) < 4.78 is 38.1. The van der Waals surface area contributed by atoms with Crippen molar-refractivity contribution in [3.05, 3.63) is 56.2 Å². The largest absolute Gasteiger partial charge is 0.416 e. The molecule has 0 aliphatic heterocycles. The Kier molecular flexibility index (Phi) is 4.32. The predicted octanol–water partition coefficient (Wildman–Crippen LogP) is 4.81. The molecule has 0 aliphatic carbocycles. The van der Waals surface area contributed by atoms with Crippen molar-refractivity contribution in [2.45, 2.75) is 18.7 Å². The number of thiophene rings is 1. The van der Waals surface area contributed by atoms with Crippen molar-refractivity contribution >= 4 is 27.3 Å². The molecule has 1 atom stereocenters. The van der Waals surface area contributed by atoms with Crippen LogP contribution in [0.25, 0.3) is 0 Å². The lowest BCUT2D eigenvalue weighted by molar-refractivity contribution is -0.137. The molecule has 2 rings (SSSR count). The van der Waals surface area contributed by atoms with Gasteiger partial charge in [0.15, 0.2) is 0 Å². The Morgan fingerprint density at radius 1 is 1.16 bits per heavy atom. The highest BCUT2D eigenvalue weighted by Crippen LogP contribution is 2.31. The number of halogens is 4. The van der Waals surface area contributed by atoms with Crippen molar-refractivity contribution in [1.82, 2.24) is 0 Å². The zero-order valence-electron chi connectivity index (χ0n) is 9.62. The summed E-state index contributed by atoms with van der Waals surface area (Å²) in [6.45, 7) is 0. The standard InChI is InChI=1S/C13H10BrF3OS/c14-10-5-6-19-12(10)7-11(18)8-1-3-9(4-2-8)13(15,16)17/h1-6,11,18H,7H2. The van der Waals surface area contributed by atoms with Crippen LogP contribution >= 0.6 is 27.3 Å². The number of rotatable bonds is 3. The van der Waals surface area contributed by atoms with Crippen LogP contribution in [0, 0.1) is 0 Å². The van der Waals surface area contributed by atoms with Gasteiger partial charge in [-0.3, -0.25) is 0 Å². The smallest absolute Gasteiger partial charge is 0.388 e. The summed E-state index contributed by atoms with van der Waals surface area (Å²) in [5, 5.41) is 11.9. The first-order chi connectivity index (χ1) is 8.88. The Balaban J connectivity index is 2.12. The molecule has 0 aliphatic rings. The molecule has 0 saturated heterocycles. The lowest BCUT2D eigenvalue weighted by atomic mass is 10.0. The minimum atomic E-state index is -4.35. The van der Waals surface area contributed by atoms with Crippen LogP contribution in [0.5, 0.6) is 0 Å². The molecule has 0 amide bonds. The molecule has 1 aromatic heterocycles. The van der Waals surface area contributed by atoms with Crippen LogP contribution in [0.1, 0.15) is 22.1 Å². The molecule has 0 fully saturated rings. The molecule has 6 heteroatoms. The van der Waals surface area contributed by atoms with Crippen LogP contribution in [-0.4, -0.2) is 5.11 Å². The van der Waals surface area contributed by atoms with Crippen molar-refractivity contribution in [3.8, 4) is 0 Å². The van der Waals surface area contributed by atoms with Crippen LogP contribution in [0.15, 0.2) is 40.2 Å². The number of aliphatic hydroxyl groups excluding tert-OH is 1. The van der Waals surface area contributed by atoms with Gasteiger partial charge in [0, 0.05) is 15.8 Å². The monoisotopic (exact) mass is 350 g/mol. The lowest BCUT2D eigenvalue weighted by Gasteiger charge is -2.12. The fraction of sp³-hybridized carbons (Fsp3) is 0.231. The van der Waals surface area contributed by atoms with E-state index in [4.69, 9.17) is 0 Å². The molecule has 1 aromatic carbocycles. The predicted molar refractivity (Wildman–Crippen MR) is 72.1 cm³/mol. The maximum Gasteiger partial charge on any atom is 0.416 e. The van der Waals surface area contributed by atoms with E-state index in [1.807, 2.05) is 11.4 Å². The van der Waals surface area contributed by atoms with Crippen LogP contribution in [-0.2, 0) is 12.6 Å². The first-order valence-corrected chi connectivity index (χ1v) is 7.12. The van der Waals surface area contributed by atoms with Crippen molar-refractivity contribution in [2.24, 2.45) is 0 Å². The van der Waals surface area contributed by atoms with Gasteiger partial charge in [0.2, 0.25) is 0 Å². The molecule has 0 saturated carbocycles. The van der Waals surface area contributed by atoms with Gasteiger partial charge in [0.1, 0.15) is 0 Å². The average molecular weight is 351 g/mol. The van der Waals surface area contributed by atoms with E-state index in [-0.39, 0.29) is 0 Å². The van der Waals surface area contributed by atoms with E-state index < -0.39 is 17.8 Å². The molecule has 102 valence electrons. The van der Waals surface area contributed by atoms with Gasteiger partial charge in [-0.05, 0) is 45.1 Å². The lowest BCUT2D eigenvalue weighted by Crippen LogP contribution is -2.06. The average Bonchev–Trinajstić information content (AvgIpc) is 2.74. The molecule has 2 aromatic rings. The van der Waals surface area contributed by atoms with Crippen molar-refractivity contribution in [1.29, 1.82) is 0 Å². The zero-order valence-corrected chi connectivity index (χ0v) is 12.0. The van der Waals surface area contributed by atoms with Crippen molar-refractivity contribution < 1.29 is 18.3 Å². The van der Waals surface area contributed by atoms with Crippen molar-refractivity contribution in [3.63, 3.8) is 0 Å². The Bertz CT molecular complexity index is 548. The summed E-state index contributed by atoms with van der Waals surface area (Å²) in [5.74, 6) is 0. The second-order valence-corrected chi connectivity index (χ2v) is 5.89. The third-order valence-electron chi connectivity index (χ3n) is 2.69. The Hall–Kier alpha value is -0.850. The molecule has 19 heavy (non-hydrogen) atoms. The van der Waals surface area contributed by atoms with E-state index in [9.17, 15) is 18.3 Å². The molecule has 1 N–H and O–H groups in total. The highest BCUT2D eigenvalue weighted by atomic mass is 79.9. The molecule has 1 unspecified atom stereocenters. The van der Waals surface area contributed by atoms with E-state index >= 15 is 0 Å². The summed E-state index contributed by atoms with van der Waals surface area (Å²) in [4.78, 5) is 0.965. The third kappa shape index (κ3) is 3.58. The number of benzene rings is 1. The molecule has 1 heterocycles. The van der Waals surface area contributed by atoms with E-state index in [0.717, 1.165) is 21.5 Å². The van der Waals surface area contributed by atoms with Gasteiger partial charge < -0.3 is 5.11 Å². The fourth-order valence-corrected chi connectivity index (χ4v) is 3.21. The number of alkyl halides is 3. The number of aliphatic hydroxyl groups is 1. The Morgan fingerprint density at radius 2 is 1.79 bits per heavy atom. The first-order valence-electron chi connectivity index (χ1n) is 5.45. The van der Waals surface area contributed by atoms with Crippen LogP contribution in [0.4, 0.5) is 13.2 Å². The molecule has 0 spiro atoms. The van der Waals surface area contributed by atoms with Gasteiger partial charge in [0.25, 0.3) is 0 Å². The molecule has 1 nitrogen and oxygen atoms in total. The molecule has 0 bridgehead atoms. The second-order valence-electron chi connectivity index (χ2n) is 4.03. The van der Waals surface area contributed by atoms with Crippen LogP contribution < -0.4 is 0 Å². The van der Waals surface area contributed by atoms with Gasteiger partial charge in [-0.25, -0.2) is 0 Å². The molecule has 0 radical (unpaired) electrons. The molecular weight excluding hydrogens is 341 g/mol. The first kappa shape index (κ1) is 14.6. The van der Waals surface area contributed by atoms with Crippen molar-refractivity contribution in [2.75, 3.05) is 0 Å². The van der Waals surface area contributed by atoms with Crippen LogP contribution in [0.3, 0.4) is 0 Å². The zero-order chi connectivity index (χ0) is 14.0. The van der Waals surface area contributed by atoms with E-state index in [1.165, 1.54) is 23.5 Å². The van der Waals surface area contributed by atoms with Gasteiger partial charge in [-0.15, -0.1) is 11.3 Å². The maximum atomic E-state index is 12.4.